The van der Waals surface area contributed by atoms with Crippen LogP contribution >= 0.6 is 35.3 Å². The summed E-state index contributed by atoms with van der Waals surface area (Å²) in [7, 11) is 1.83. The molecule has 1 aliphatic rings. The number of hydrogen-bond acceptors (Lipinski definition) is 3. The molecule has 0 amide bonds. The van der Waals surface area contributed by atoms with E-state index in [4.69, 9.17) is 0 Å². The molecule has 1 aromatic heterocycles. The summed E-state index contributed by atoms with van der Waals surface area (Å²) < 4.78 is 0. The van der Waals surface area contributed by atoms with Crippen molar-refractivity contribution in [3.63, 3.8) is 0 Å². The summed E-state index contributed by atoms with van der Waals surface area (Å²) in [6, 6.07) is 2.14. The number of likely N-dealkylation sites (tertiary alicyclic amines) is 1. The Hall–Kier alpha value is -0.340. The van der Waals surface area contributed by atoms with Crippen molar-refractivity contribution in [1.82, 2.24) is 15.5 Å². The third-order valence-electron chi connectivity index (χ3n) is 3.93. The van der Waals surface area contributed by atoms with Gasteiger partial charge in [0.2, 0.25) is 0 Å². The Bertz CT molecular complexity index is 425. The van der Waals surface area contributed by atoms with Gasteiger partial charge in [0.15, 0.2) is 5.96 Å². The maximum Gasteiger partial charge on any atom is 0.191 e. The smallest absolute Gasteiger partial charge is 0.191 e. The zero-order chi connectivity index (χ0) is 15.1. The van der Waals surface area contributed by atoms with Crippen molar-refractivity contribution in [3.05, 3.63) is 22.4 Å². The lowest BCUT2D eigenvalue weighted by Gasteiger charge is -2.35. The van der Waals surface area contributed by atoms with Crippen molar-refractivity contribution in [1.29, 1.82) is 0 Å². The van der Waals surface area contributed by atoms with Gasteiger partial charge >= 0.3 is 0 Å². The Morgan fingerprint density at radius 3 is 2.64 bits per heavy atom. The van der Waals surface area contributed by atoms with Crippen molar-refractivity contribution >= 4 is 41.3 Å². The fourth-order valence-electron chi connectivity index (χ4n) is 3.11. The van der Waals surface area contributed by atoms with E-state index in [0.717, 1.165) is 37.4 Å². The highest BCUT2D eigenvalue weighted by Crippen LogP contribution is 2.20. The van der Waals surface area contributed by atoms with Crippen molar-refractivity contribution in [2.75, 3.05) is 33.2 Å². The number of piperidine rings is 1. The lowest BCUT2D eigenvalue weighted by atomic mass is 9.92. The number of aliphatic imine (C=N–C) groups is 1. The molecule has 6 heteroatoms. The fraction of sp³-hybridized carbons (Fsp3) is 0.688. The van der Waals surface area contributed by atoms with Crippen LogP contribution in [0.1, 0.15) is 25.8 Å². The van der Waals surface area contributed by atoms with Gasteiger partial charge in [-0.05, 0) is 40.6 Å². The molecule has 1 aliphatic heterocycles. The molecule has 1 fully saturated rings. The first kappa shape index (κ1) is 19.7. The first-order valence-electron chi connectivity index (χ1n) is 7.85. The molecule has 0 bridgehead atoms. The highest BCUT2D eigenvalue weighted by molar-refractivity contribution is 14.0. The number of rotatable bonds is 5. The minimum Gasteiger partial charge on any atom is -0.355 e. The molecule has 0 saturated carbocycles. The molecule has 126 valence electrons. The van der Waals surface area contributed by atoms with E-state index in [1.54, 1.807) is 11.3 Å². The number of thiophene rings is 1. The number of hydrogen-bond donors (Lipinski definition) is 2. The predicted molar refractivity (Wildman–Crippen MR) is 107 cm³/mol. The Balaban J connectivity index is 0.00000242. The summed E-state index contributed by atoms with van der Waals surface area (Å²) >= 11 is 1.73. The van der Waals surface area contributed by atoms with E-state index < -0.39 is 0 Å². The van der Waals surface area contributed by atoms with E-state index in [9.17, 15) is 0 Å². The van der Waals surface area contributed by atoms with Gasteiger partial charge < -0.3 is 15.5 Å². The largest absolute Gasteiger partial charge is 0.355 e. The third-order valence-corrected chi connectivity index (χ3v) is 4.66. The topological polar surface area (TPSA) is 39.7 Å². The second kappa shape index (κ2) is 10.4. The van der Waals surface area contributed by atoms with Crippen LogP contribution in [0.3, 0.4) is 0 Å². The van der Waals surface area contributed by atoms with Crippen LogP contribution in [-0.2, 0) is 6.54 Å². The Kier molecular flexibility index (Phi) is 9.35. The molecular weight excluding hydrogens is 407 g/mol. The van der Waals surface area contributed by atoms with Crippen LogP contribution < -0.4 is 10.6 Å². The highest BCUT2D eigenvalue weighted by Gasteiger charge is 2.21. The molecule has 2 heterocycles. The second-order valence-electron chi connectivity index (χ2n) is 6.19. The summed E-state index contributed by atoms with van der Waals surface area (Å²) in [5.41, 5.74) is 1.31. The molecule has 2 N–H and O–H groups in total. The molecule has 1 aromatic rings. The van der Waals surface area contributed by atoms with E-state index in [0.29, 0.717) is 0 Å². The molecule has 22 heavy (non-hydrogen) atoms. The number of halogens is 1. The zero-order valence-corrected chi connectivity index (χ0v) is 17.0. The van der Waals surface area contributed by atoms with Gasteiger partial charge in [-0.15, -0.1) is 24.0 Å². The van der Waals surface area contributed by atoms with Gasteiger partial charge in [-0.3, -0.25) is 4.99 Å². The normalized spacial score (nSPS) is 23.0. The Morgan fingerprint density at radius 1 is 1.32 bits per heavy atom. The third kappa shape index (κ3) is 6.83. The minimum absolute atomic E-state index is 0. The van der Waals surface area contributed by atoms with Crippen LogP contribution in [0, 0.1) is 11.8 Å². The Labute approximate surface area is 155 Å². The lowest BCUT2D eigenvalue weighted by Crippen LogP contribution is -2.45. The van der Waals surface area contributed by atoms with Crippen molar-refractivity contribution in [2.24, 2.45) is 16.8 Å². The van der Waals surface area contributed by atoms with E-state index in [1.165, 1.54) is 25.1 Å². The van der Waals surface area contributed by atoms with Gasteiger partial charge in [0, 0.05) is 39.8 Å². The summed E-state index contributed by atoms with van der Waals surface area (Å²) in [6.07, 6.45) is 1.37. The van der Waals surface area contributed by atoms with Gasteiger partial charge in [-0.25, -0.2) is 0 Å². The zero-order valence-electron chi connectivity index (χ0n) is 13.8. The van der Waals surface area contributed by atoms with E-state index in [-0.39, 0.29) is 24.0 Å². The average Bonchev–Trinajstić information content (AvgIpc) is 2.94. The predicted octanol–water partition coefficient (Wildman–Crippen LogP) is 3.01. The molecule has 0 radical (unpaired) electrons. The summed E-state index contributed by atoms with van der Waals surface area (Å²) in [5.74, 6) is 2.54. The maximum atomic E-state index is 4.28. The number of guanidine groups is 1. The number of nitrogens with one attached hydrogen (secondary N) is 2. The highest BCUT2D eigenvalue weighted by atomic mass is 127. The Morgan fingerprint density at radius 2 is 2.05 bits per heavy atom. The van der Waals surface area contributed by atoms with Crippen LogP contribution in [-0.4, -0.2) is 44.1 Å². The van der Waals surface area contributed by atoms with Gasteiger partial charge in [0.25, 0.3) is 0 Å². The van der Waals surface area contributed by atoms with Gasteiger partial charge in [-0.2, -0.15) is 11.3 Å². The monoisotopic (exact) mass is 436 g/mol. The molecule has 0 aliphatic carbocycles. The van der Waals surface area contributed by atoms with Crippen molar-refractivity contribution in [3.8, 4) is 0 Å². The van der Waals surface area contributed by atoms with Crippen molar-refractivity contribution in [2.45, 2.75) is 26.8 Å². The average molecular weight is 436 g/mol. The molecule has 2 unspecified atom stereocenters. The van der Waals surface area contributed by atoms with Crippen LogP contribution in [0.15, 0.2) is 21.8 Å². The van der Waals surface area contributed by atoms with Crippen LogP contribution in [0.2, 0.25) is 0 Å². The standard InChI is InChI=1S/C16H28N4S.HI/c1-13-8-14(2)11-20(10-13)6-5-18-16(17-3)19-9-15-4-7-21-12-15;/h4,7,12-14H,5-6,8-11H2,1-3H3,(H2,17,18,19);1H. The molecule has 0 spiro atoms. The number of nitrogens with zero attached hydrogens (tertiary/aromatic N) is 2. The van der Waals surface area contributed by atoms with E-state index in [1.807, 2.05) is 7.05 Å². The van der Waals surface area contributed by atoms with E-state index in [2.05, 4.69) is 51.2 Å². The molecule has 0 aromatic carbocycles. The molecule has 1 saturated heterocycles. The van der Waals surface area contributed by atoms with Gasteiger partial charge in [-0.1, -0.05) is 13.8 Å². The van der Waals surface area contributed by atoms with Crippen LogP contribution in [0.4, 0.5) is 0 Å². The molecule has 2 atom stereocenters. The lowest BCUT2D eigenvalue weighted by molar-refractivity contribution is 0.143. The summed E-state index contributed by atoms with van der Waals surface area (Å²) in [4.78, 5) is 6.85. The molecule has 2 rings (SSSR count). The summed E-state index contributed by atoms with van der Waals surface area (Å²) in [6.45, 7) is 10.0. The first-order chi connectivity index (χ1) is 10.2. The molecular formula is C16H29IN4S. The van der Waals surface area contributed by atoms with Crippen LogP contribution in [0.25, 0.3) is 0 Å². The quantitative estimate of drug-likeness (QED) is 0.424. The minimum atomic E-state index is 0. The first-order valence-corrected chi connectivity index (χ1v) is 8.79. The van der Waals surface area contributed by atoms with Gasteiger partial charge in [0.05, 0.1) is 0 Å². The SMILES string of the molecule is CN=C(NCCN1CC(C)CC(C)C1)NCc1ccsc1.I. The second-order valence-corrected chi connectivity index (χ2v) is 6.97. The maximum absolute atomic E-state index is 4.28. The van der Waals surface area contributed by atoms with Gasteiger partial charge in [0.1, 0.15) is 0 Å². The molecule has 4 nitrogen and oxygen atoms in total. The van der Waals surface area contributed by atoms with E-state index >= 15 is 0 Å². The fourth-order valence-corrected chi connectivity index (χ4v) is 3.78. The van der Waals surface area contributed by atoms with Crippen molar-refractivity contribution < 1.29 is 0 Å². The summed E-state index contributed by atoms with van der Waals surface area (Å²) in [5, 5.41) is 11.0. The van der Waals surface area contributed by atoms with Crippen LogP contribution in [0.5, 0.6) is 0 Å².